The van der Waals surface area contributed by atoms with Gasteiger partial charge in [-0.05, 0) is 63.2 Å². The quantitative estimate of drug-likeness (QED) is 0.719. The zero-order valence-electron chi connectivity index (χ0n) is 9.95. The van der Waals surface area contributed by atoms with Gasteiger partial charge in [-0.2, -0.15) is 0 Å². The van der Waals surface area contributed by atoms with Crippen LogP contribution in [0.4, 0.5) is 0 Å². The van der Waals surface area contributed by atoms with Crippen molar-refractivity contribution >= 4 is 5.78 Å². The molecule has 0 unspecified atom stereocenters. The summed E-state index contributed by atoms with van der Waals surface area (Å²) in [6.45, 7) is 0. The number of rotatable bonds is 7. The molecule has 3 aliphatic rings. The minimum atomic E-state index is -0.385. The molecule has 0 aromatic carbocycles. The molecule has 0 heterocycles. The van der Waals surface area contributed by atoms with Crippen LogP contribution in [-0.4, -0.2) is 16.5 Å². The van der Waals surface area contributed by atoms with Crippen molar-refractivity contribution in [3.8, 4) is 0 Å². The molecule has 3 saturated carbocycles. The molecule has 3 aliphatic carbocycles. The van der Waals surface area contributed by atoms with Crippen molar-refractivity contribution in [3.05, 3.63) is 0 Å². The Bertz CT molecular complexity index is 273. The molecule has 1 N–H and O–H groups in total. The third kappa shape index (κ3) is 2.17. The summed E-state index contributed by atoms with van der Waals surface area (Å²) in [5.74, 6) is 1.98. The zero-order chi connectivity index (χ0) is 11.2. The third-order valence-electron chi connectivity index (χ3n) is 4.60. The van der Waals surface area contributed by atoms with Gasteiger partial charge in [0.2, 0.25) is 0 Å². The lowest BCUT2D eigenvalue weighted by molar-refractivity contribution is -0.120. The van der Waals surface area contributed by atoms with Gasteiger partial charge in [0.25, 0.3) is 0 Å². The van der Waals surface area contributed by atoms with E-state index >= 15 is 0 Å². The van der Waals surface area contributed by atoms with E-state index in [0.29, 0.717) is 30.0 Å². The average Bonchev–Trinajstić information content (AvgIpc) is 3.19. The van der Waals surface area contributed by atoms with E-state index in [1.54, 1.807) is 0 Å². The maximum atomic E-state index is 11.6. The lowest BCUT2D eigenvalue weighted by Gasteiger charge is -2.28. The summed E-state index contributed by atoms with van der Waals surface area (Å²) in [5, 5.41) is 10.6. The molecule has 0 bridgehead atoms. The highest BCUT2D eigenvalue weighted by Crippen LogP contribution is 2.54. The van der Waals surface area contributed by atoms with Crippen LogP contribution < -0.4 is 0 Å². The molecule has 0 amide bonds. The van der Waals surface area contributed by atoms with Crippen LogP contribution in [-0.2, 0) is 4.79 Å². The maximum absolute atomic E-state index is 11.6. The van der Waals surface area contributed by atoms with Crippen molar-refractivity contribution < 1.29 is 9.90 Å². The van der Waals surface area contributed by atoms with E-state index in [-0.39, 0.29) is 5.60 Å². The fourth-order valence-corrected chi connectivity index (χ4v) is 3.06. The molecule has 0 radical (unpaired) electrons. The van der Waals surface area contributed by atoms with Crippen molar-refractivity contribution in [1.82, 2.24) is 0 Å². The van der Waals surface area contributed by atoms with E-state index in [0.717, 1.165) is 25.7 Å². The van der Waals surface area contributed by atoms with Crippen molar-refractivity contribution in [2.24, 2.45) is 17.8 Å². The second-order valence-corrected chi connectivity index (χ2v) is 6.13. The Balaban J connectivity index is 1.46. The van der Waals surface area contributed by atoms with Crippen LogP contribution in [0, 0.1) is 17.8 Å². The molecule has 3 rings (SSSR count). The first-order chi connectivity index (χ1) is 7.70. The summed E-state index contributed by atoms with van der Waals surface area (Å²) < 4.78 is 0. The van der Waals surface area contributed by atoms with Gasteiger partial charge in [-0.15, -0.1) is 0 Å². The van der Waals surface area contributed by atoms with Gasteiger partial charge in [0.15, 0.2) is 0 Å². The van der Waals surface area contributed by atoms with Crippen molar-refractivity contribution in [1.29, 1.82) is 0 Å². The predicted molar refractivity (Wildman–Crippen MR) is 62.0 cm³/mol. The molecule has 2 heteroatoms. The molecule has 16 heavy (non-hydrogen) atoms. The highest BCUT2D eigenvalue weighted by molar-refractivity contribution is 5.83. The van der Waals surface area contributed by atoms with Crippen molar-refractivity contribution in [3.63, 3.8) is 0 Å². The minimum Gasteiger partial charge on any atom is -0.389 e. The zero-order valence-corrected chi connectivity index (χ0v) is 9.95. The third-order valence-corrected chi connectivity index (χ3v) is 4.60. The van der Waals surface area contributed by atoms with Crippen LogP contribution in [0.2, 0.25) is 0 Å². The topological polar surface area (TPSA) is 37.3 Å². The summed E-state index contributed by atoms with van der Waals surface area (Å²) in [4.78, 5) is 11.6. The first-order valence-corrected chi connectivity index (χ1v) is 6.95. The fraction of sp³-hybridized carbons (Fsp3) is 0.929. The van der Waals surface area contributed by atoms with Gasteiger partial charge in [-0.25, -0.2) is 0 Å². The summed E-state index contributed by atoms with van der Waals surface area (Å²) in [6, 6.07) is 0. The van der Waals surface area contributed by atoms with Crippen LogP contribution in [0.15, 0.2) is 0 Å². The predicted octanol–water partition coefficient (Wildman–Crippen LogP) is 2.69. The largest absolute Gasteiger partial charge is 0.389 e. The normalized spacial score (nSPS) is 25.8. The van der Waals surface area contributed by atoms with Gasteiger partial charge in [-0.1, -0.05) is 0 Å². The van der Waals surface area contributed by atoms with Gasteiger partial charge < -0.3 is 5.11 Å². The Morgan fingerprint density at radius 1 is 1.06 bits per heavy atom. The maximum Gasteiger partial charge on any atom is 0.135 e. The van der Waals surface area contributed by atoms with E-state index in [2.05, 4.69) is 0 Å². The smallest absolute Gasteiger partial charge is 0.135 e. The highest BCUT2D eigenvalue weighted by atomic mass is 16.3. The van der Waals surface area contributed by atoms with Gasteiger partial charge in [-0.3, -0.25) is 4.79 Å². The van der Waals surface area contributed by atoms with E-state index in [1.165, 1.54) is 25.7 Å². The lowest BCUT2D eigenvalue weighted by Crippen LogP contribution is -2.34. The lowest BCUT2D eigenvalue weighted by atomic mass is 9.86. The number of carbonyl (C=O) groups is 1. The van der Waals surface area contributed by atoms with Gasteiger partial charge >= 0.3 is 0 Å². The number of Topliss-reactive ketones (excluding diaryl/α,β-unsaturated/α-hetero) is 1. The molecule has 0 aliphatic heterocycles. The summed E-state index contributed by atoms with van der Waals surface area (Å²) >= 11 is 0. The van der Waals surface area contributed by atoms with Crippen LogP contribution in [0.25, 0.3) is 0 Å². The van der Waals surface area contributed by atoms with Crippen LogP contribution in [0.3, 0.4) is 0 Å². The van der Waals surface area contributed by atoms with Crippen LogP contribution >= 0.6 is 0 Å². The minimum absolute atomic E-state index is 0.385. The van der Waals surface area contributed by atoms with Crippen molar-refractivity contribution in [2.75, 3.05) is 0 Å². The fourth-order valence-electron chi connectivity index (χ4n) is 3.06. The average molecular weight is 222 g/mol. The molecule has 3 fully saturated rings. The SMILES string of the molecule is O=C(CCCC(O)(C1CC1)C1CC1)C1CC1. The molecule has 0 aromatic rings. The monoisotopic (exact) mass is 222 g/mol. The number of aliphatic hydroxyl groups is 1. The number of hydrogen-bond donors (Lipinski definition) is 1. The Labute approximate surface area is 97.4 Å². The molecule has 0 aromatic heterocycles. The second kappa shape index (κ2) is 3.83. The Morgan fingerprint density at radius 2 is 1.62 bits per heavy atom. The first kappa shape index (κ1) is 10.8. The molecular formula is C14H22O2. The Morgan fingerprint density at radius 3 is 2.06 bits per heavy atom. The van der Waals surface area contributed by atoms with E-state index in [1.807, 2.05) is 0 Å². The number of carbonyl (C=O) groups excluding carboxylic acids is 1. The number of ketones is 1. The molecule has 2 nitrogen and oxygen atoms in total. The molecule has 0 atom stereocenters. The van der Waals surface area contributed by atoms with Crippen LogP contribution in [0.5, 0.6) is 0 Å². The molecular weight excluding hydrogens is 200 g/mol. The number of hydrogen-bond acceptors (Lipinski definition) is 2. The van der Waals surface area contributed by atoms with Crippen LogP contribution in [0.1, 0.15) is 57.8 Å². The summed E-state index contributed by atoms with van der Waals surface area (Å²) in [7, 11) is 0. The van der Waals surface area contributed by atoms with E-state index in [9.17, 15) is 9.90 Å². The Hall–Kier alpha value is -0.370. The first-order valence-electron chi connectivity index (χ1n) is 6.95. The highest BCUT2D eigenvalue weighted by Gasteiger charge is 2.52. The van der Waals surface area contributed by atoms with E-state index < -0.39 is 0 Å². The van der Waals surface area contributed by atoms with Gasteiger partial charge in [0.1, 0.15) is 5.78 Å². The summed E-state index contributed by atoms with van der Waals surface area (Å²) in [5.41, 5.74) is -0.385. The second-order valence-electron chi connectivity index (χ2n) is 6.13. The van der Waals surface area contributed by atoms with Gasteiger partial charge in [0.05, 0.1) is 5.60 Å². The molecule has 0 saturated heterocycles. The standard InChI is InChI=1S/C14H22O2/c15-13(10-3-4-10)2-1-9-14(16,11-5-6-11)12-7-8-12/h10-12,16H,1-9H2. The van der Waals surface area contributed by atoms with Gasteiger partial charge in [0, 0.05) is 12.3 Å². The Kier molecular flexibility index (Phi) is 2.58. The van der Waals surface area contributed by atoms with Crippen molar-refractivity contribution in [2.45, 2.75) is 63.4 Å². The molecule has 0 spiro atoms. The van der Waals surface area contributed by atoms with E-state index in [4.69, 9.17) is 0 Å². The summed E-state index contributed by atoms with van der Waals surface area (Å²) in [6.07, 6.45) is 9.59. The molecule has 90 valence electrons.